The molecule has 1 fully saturated rings. The van der Waals surface area contributed by atoms with E-state index in [9.17, 15) is 19.3 Å². The Morgan fingerprint density at radius 2 is 2.33 bits per heavy atom. The molecule has 96 valence electrons. The highest BCUT2D eigenvalue weighted by molar-refractivity contribution is 5.78. The zero-order valence-electron chi connectivity index (χ0n) is 9.48. The molecular weight excluding hydrogens is 241 g/mol. The number of rotatable bonds is 4. The van der Waals surface area contributed by atoms with Crippen molar-refractivity contribution in [1.82, 2.24) is 5.32 Å². The zero-order valence-corrected chi connectivity index (χ0v) is 9.48. The fraction of sp³-hybridized carbons (Fsp3) is 0.364. The second-order valence-corrected chi connectivity index (χ2v) is 4.08. The molecule has 1 aromatic carbocycles. The summed E-state index contributed by atoms with van der Waals surface area (Å²) >= 11 is 0. The van der Waals surface area contributed by atoms with Crippen molar-refractivity contribution in [3.05, 3.63) is 34.1 Å². The summed E-state index contributed by atoms with van der Waals surface area (Å²) in [6, 6.07) is 3.56. The van der Waals surface area contributed by atoms with Gasteiger partial charge in [0.25, 0.3) is 5.69 Å². The van der Waals surface area contributed by atoms with E-state index in [-0.39, 0.29) is 29.9 Å². The van der Waals surface area contributed by atoms with Crippen LogP contribution in [0.15, 0.2) is 18.2 Å². The average molecular weight is 253 g/mol. The Kier molecular flexibility index (Phi) is 3.40. The third-order valence-corrected chi connectivity index (χ3v) is 2.80. The van der Waals surface area contributed by atoms with Gasteiger partial charge in [0, 0.05) is 25.1 Å². The number of nitrogens with one attached hydrogen (secondary N) is 2. The van der Waals surface area contributed by atoms with E-state index in [1.165, 1.54) is 12.1 Å². The number of anilines is 1. The highest BCUT2D eigenvalue weighted by Gasteiger charge is 2.23. The predicted molar refractivity (Wildman–Crippen MR) is 62.7 cm³/mol. The third-order valence-electron chi connectivity index (χ3n) is 2.80. The highest BCUT2D eigenvalue weighted by Crippen LogP contribution is 2.27. The minimum atomic E-state index is -0.673. The van der Waals surface area contributed by atoms with Gasteiger partial charge in [-0.3, -0.25) is 14.9 Å². The van der Waals surface area contributed by atoms with Crippen LogP contribution < -0.4 is 10.6 Å². The lowest BCUT2D eigenvalue weighted by Gasteiger charge is -2.12. The first-order valence-corrected chi connectivity index (χ1v) is 5.54. The molecular formula is C11H12FN3O3. The SMILES string of the molecule is O=C1CCC(CNc2c(F)cccc2[N+](=O)[O-])N1. The minimum Gasteiger partial charge on any atom is -0.375 e. The first-order valence-electron chi connectivity index (χ1n) is 5.54. The van der Waals surface area contributed by atoms with E-state index in [2.05, 4.69) is 10.6 Å². The number of nitro groups is 1. The molecule has 1 heterocycles. The monoisotopic (exact) mass is 253 g/mol. The molecule has 6 nitrogen and oxygen atoms in total. The van der Waals surface area contributed by atoms with Crippen LogP contribution in [-0.4, -0.2) is 23.4 Å². The molecule has 0 spiro atoms. The van der Waals surface area contributed by atoms with Gasteiger partial charge < -0.3 is 10.6 Å². The van der Waals surface area contributed by atoms with Gasteiger partial charge in [-0.1, -0.05) is 6.07 Å². The molecule has 0 aromatic heterocycles. The molecule has 0 saturated carbocycles. The van der Waals surface area contributed by atoms with Gasteiger partial charge in [-0.05, 0) is 12.5 Å². The maximum atomic E-state index is 13.5. The van der Waals surface area contributed by atoms with Crippen LogP contribution in [0.3, 0.4) is 0 Å². The maximum absolute atomic E-state index is 13.5. The van der Waals surface area contributed by atoms with E-state index in [1.54, 1.807) is 0 Å². The van der Waals surface area contributed by atoms with Crippen molar-refractivity contribution in [2.75, 3.05) is 11.9 Å². The molecule has 0 bridgehead atoms. The van der Waals surface area contributed by atoms with E-state index < -0.39 is 10.7 Å². The Labute approximate surface area is 102 Å². The lowest BCUT2D eigenvalue weighted by atomic mass is 10.2. The molecule has 1 amide bonds. The number of para-hydroxylation sites is 1. The number of benzene rings is 1. The van der Waals surface area contributed by atoms with E-state index in [0.29, 0.717) is 12.8 Å². The van der Waals surface area contributed by atoms with Gasteiger partial charge in [-0.25, -0.2) is 4.39 Å². The van der Waals surface area contributed by atoms with Crippen molar-refractivity contribution in [1.29, 1.82) is 0 Å². The Morgan fingerprint density at radius 1 is 1.56 bits per heavy atom. The molecule has 1 aromatic rings. The van der Waals surface area contributed by atoms with Gasteiger partial charge in [-0.15, -0.1) is 0 Å². The quantitative estimate of drug-likeness (QED) is 0.628. The van der Waals surface area contributed by atoms with Gasteiger partial charge >= 0.3 is 0 Å². The molecule has 2 rings (SSSR count). The molecule has 2 N–H and O–H groups in total. The van der Waals surface area contributed by atoms with Crippen molar-refractivity contribution >= 4 is 17.3 Å². The van der Waals surface area contributed by atoms with Gasteiger partial charge in [0.1, 0.15) is 5.69 Å². The number of halogens is 1. The number of hydrogen-bond acceptors (Lipinski definition) is 4. The maximum Gasteiger partial charge on any atom is 0.295 e. The molecule has 1 atom stereocenters. The first-order chi connectivity index (χ1) is 8.58. The summed E-state index contributed by atoms with van der Waals surface area (Å²) in [6.07, 6.45) is 1.08. The van der Waals surface area contributed by atoms with Gasteiger partial charge in [0.2, 0.25) is 5.91 Å². The normalized spacial score (nSPS) is 18.5. The van der Waals surface area contributed by atoms with Crippen molar-refractivity contribution in [3.8, 4) is 0 Å². The van der Waals surface area contributed by atoms with Crippen LogP contribution in [0, 0.1) is 15.9 Å². The zero-order chi connectivity index (χ0) is 13.1. The van der Waals surface area contributed by atoms with Gasteiger partial charge in [0.15, 0.2) is 5.82 Å². The number of carbonyl (C=O) groups is 1. The molecule has 1 unspecified atom stereocenters. The number of carbonyl (C=O) groups excluding carboxylic acids is 1. The number of nitrogens with zero attached hydrogens (tertiary/aromatic N) is 1. The van der Waals surface area contributed by atoms with Crippen LogP contribution in [0.2, 0.25) is 0 Å². The first kappa shape index (κ1) is 12.3. The summed E-state index contributed by atoms with van der Waals surface area (Å²) in [5.41, 5.74) is -0.442. The molecule has 1 aliphatic rings. The Morgan fingerprint density at radius 3 is 2.94 bits per heavy atom. The smallest absolute Gasteiger partial charge is 0.295 e. The summed E-state index contributed by atoms with van der Waals surface area (Å²) < 4.78 is 13.5. The van der Waals surface area contributed by atoms with Crippen molar-refractivity contribution in [3.63, 3.8) is 0 Å². The van der Waals surface area contributed by atoms with E-state index in [1.807, 2.05) is 0 Å². The fourth-order valence-electron chi connectivity index (χ4n) is 1.90. The van der Waals surface area contributed by atoms with E-state index >= 15 is 0 Å². The second-order valence-electron chi connectivity index (χ2n) is 4.08. The molecule has 1 saturated heterocycles. The van der Waals surface area contributed by atoms with Gasteiger partial charge in [0.05, 0.1) is 4.92 Å². The Bertz CT molecular complexity index is 492. The molecule has 18 heavy (non-hydrogen) atoms. The van der Waals surface area contributed by atoms with E-state index in [0.717, 1.165) is 6.07 Å². The topological polar surface area (TPSA) is 84.3 Å². The van der Waals surface area contributed by atoms with E-state index in [4.69, 9.17) is 0 Å². The van der Waals surface area contributed by atoms with Crippen LogP contribution in [0.1, 0.15) is 12.8 Å². The standard InChI is InChI=1S/C11H12FN3O3/c12-8-2-1-3-9(15(17)18)11(8)13-6-7-4-5-10(16)14-7/h1-3,7,13H,4-6H2,(H,14,16). The predicted octanol–water partition coefficient (Wildman–Crippen LogP) is 1.42. The highest BCUT2D eigenvalue weighted by atomic mass is 19.1. The van der Waals surface area contributed by atoms with Crippen LogP contribution in [0.4, 0.5) is 15.8 Å². The van der Waals surface area contributed by atoms with Crippen molar-refractivity contribution < 1.29 is 14.1 Å². The lowest BCUT2D eigenvalue weighted by molar-refractivity contribution is -0.384. The number of amides is 1. The van der Waals surface area contributed by atoms with Gasteiger partial charge in [-0.2, -0.15) is 0 Å². The Hall–Kier alpha value is -2.18. The van der Waals surface area contributed by atoms with Crippen molar-refractivity contribution in [2.45, 2.75) is 18.9 Å². The lowest BCUT2D eigenvalue weighted by Crippen LogP contribution is -2.32. The van der Waals surface area contributed by atoms with Crippen LogP contribution in [0.5, 0.6) is 0 Å². The van der Waals surface area contributed by atoms with Crippen molar-refractivity contribution in [2.24, 2.45) is 0 Å². The largest absolute Gasteiger partial charge is 0.375 e. The molecule has 1 aliphatic heterocycles. The molecule has 0 aliphatic carbocycles. The minimum absolute atomic E-state index is 0.0511. The average Bonchev–Trinajstić information content (AvgIpc) is 2.73. The van der Waals surface area contributed by atoms with Crippen LogP contribution in [-0.2, 0) is 4.79 Å². The Balaban J connectivity index is 2.08. The fourth-order valence-corrected chi connectivity index (χ4v) is 1.90. The third kappa shape index (κ3) is 2.55. The molecule has 7 heteroatoms. The second kappa shape index (κ2) is 4.99. The molecule has 0 radical (unpaired) electrons. The summed E-state index contributed by atoms with van der Waals surface area (Å²) in [5, 5.41) is 16.1. The number of hydrogen-bond donors (Lipinski definition) is 2. The summed E-state index contributed by atoms with van der Waals surface area (Å²) in [5.74, 6) is -0.724. The number of nitro benzene ring substituents is 1. The van der Waals surface area contributed by atoms with Crippen LogP contribution in [0.25, 0.3) is 0 Å². The van der Waals surface area contributed by atoms with Crippen LogP contribution >= 0.6 is 0 Å². The summed E-state index contributed by atoms with van der Waals surface area (Å²) in [4.78, 5) is 21.1. The summed E-state index contributed by atoms with van der Waals surface area (Å²) in [7, 11) is 0. The summed E-state index contributed by atoms with van der Waals surface area (Å²) in [6.45, 7) is 0.271.